The first kappa shape index (κ1) is 16.3. The van der Waals surface area contributed by atoms with Crippen LogP contribution in [0.25, 0.3) is 11.1 Å². The highest BCUT2D eigenvalue weighted by Gasteiger charge is 2.20. The van der Waals surface area contributed by atoms with Gasteiger partial charge in [-0.05, 0) is 49.7 Å². The van der Waals surface area contributed by atoms with E-state index in [1.807, 2.05) is 0 Å². The van der Waals surface area contributed by atoms with Gasteiger partial charge in [0.15, 0.2) is 5.58 Å². The molecule has 1 aromatic heterocycles. The van der Waals surface area contributed by atoms with Gasteiger partial charge in [-0.1, -0.05) is 0 Å². The maximum absolute atomic E-state index is 12.9. The summed E-state index contributed by atoms with van der Waals surface area (Å²) in [5.74, 6) is -0.994. The van der Waals surface area contributed by atoms with Crippen molar-refractivity contribution in [2.75, 3.05) is 4.72 Å². The molecule has 1 N–H and O–H groups in total. The second-order valence-electron chi connectivity index (χ2n) is 5.31. The minimum atomic E-state index is -3.90. The van der Waals surface area contributed by atoms with Gasteiger partial charge in [-0.3, -0.25) is 9.29 Å². The van der Waals surface area contributed by atoms with Crippen LogP contribution >= 0.6 is 0 Å². The van der Waals surface area contributed by atoms with E-state index in [2.05, 4.69) is 4.72 Å². The summed E-state index contributed by atoms with van der Waals surface area (Å²) in [6, 6.07) is 7.90. The second kappa shape index (κ2) is 5.79. The quantitative estimate of drug-likeness (QED) is 0.784. The van der Waals surface area contributed by atoms with Crippen molar-refractivity contribution in [3.05, 3.63) is 58.3 Å². The van der Waals surface area contributed by atoms with Crippen LogP contribution < -0.4 is 10.5 Å². The highest BCUT2D eigenvalue weighted by Crippen LogP contribution is 2.25. The first-order valence-corrected chi connectivity index (χ1v) is 8.72. The van der Waals surface area contributed by atoms with Crippen molar-refractivity contribution in [2.45, 2.75) is 25.3 Å². The molecule has 0 saturated carbocycles. The molecule has 3 rings (SSSR count). The van der Waals surface area contributed by atoms with Gasteiger partial charge in [-0.25, -0.2) is 17.6 Å². The fourth-order valence-electron chi connectivity index (χ4n) is 2.51. The molecule has 126 valence electrons. The number of halogens is 1. The molecule has 0 radical (unpaired) electrons. The Morgan fingerprint density at radius 2 is 1.88 bits per heavy atom. The molecule has 0 atom stereocenters. The average molecular weight is 350 g/mol. The number of hydrogen-bond acceptors (Lipinski definition) is 4. The third kappa shape index (κ3) is 2.80. The molecule has 0 fully saturated rings. The molecule has 2 aromatic carbocycles. The molecule has 6 nitrogen and oxygen atoms in total. The van der Waals surface area contributed by atoms with Gasteiger partial charge < -0.3 is 4.42 Å². The predicted molar refractivity (Wildman–Crippen MR) is 88.1 cm³/mol. The van der Waals surface area contributed by atoms with Gasteiger partial charge in [0.1, 0.15) is 5.82 Å². The van der Waals surface area contributed by atoms with E-state index in [0.717, 1.165) is 12.1 Å². The highest BCUT2D eigenvalue weighted by molar-refractivity contribution is 7.92. The van der Waals surface area contributed by atoms with Crippen molar-refractivity contribution >= 4 is 26.8 Å². The van der Waals surface area contributed by atoms with E-state index in [4.69, 9.17) is 4.42 Å². The Hall–Kier alpha value is -2.61. The molecule has 0 aliphatic rings. The number of nitrogens with zero attached hydrogens (tertiary/aromatic N) is 1. The van der Waals surface area contributed by atoms with Crippen LogP contribution in [0.15, 0.2) is 50.5 Å². The summed E-state index contributed by atoms with van der Waals surface area (Å²) in [4.78, 5) is 11.8. The number of fused-ring (bicyclic) bond motifs is 1. The molecule has 0 aliphatic heterocycles. The monoisotopic (exact) mass is 350 g/mol. The lowest BCUT2D eigenvalue weighted by Crippen LogP contribution is -2.14. The number of aromatic nitrogens is 1. The van der Waals surface area contributed by atoms with Crippen molar-refractivity contribution in [3.8, 4) is 0 Å². The highest BCUT2D eigenvalue weighted by atomic mass is 32.2. The van der Waals surface area contributed by atoms with Crippen LogP contribution in [-0.4, -0.2) is 13.0 Å². The van der Waals surface area contributed by atoms with E-state index >= 15 is 0 Å². The molecule has 0 unspecified atom stereocenters. The fraction of sp³-hybridized carbons (Fsp3) is 0.188. The molecular formula is C16H15FN2O4S. The van der Waals surface area contributed by atoms with Crippen LogP contribution in [0.5, 0.6) is 0 Å². The zero-order valence-corrected chi connectivity index (χ0v) is 13.9. The molecule has 0 aliphatic carbocycles. The SMILES string of the molecule is CCn1c(=O)oc2cc(S(=O)(=O)Nc3ccc(F)cc3)c(C)cc21. The maximum Gasteiger partial charge on any atom is 0.419 e. The Labute approximate surface area is 137 Å². The number of rotatable bonds is 4. The minimum Gasteiger partial charge on any atom is -0.408 e. The van der Waals surface area contributed by atoms with Gasteiger partial charge in [0, 0.05) is 18.3 Å². The van der Waals surface area contributed by atoms with Gasteiger partial charge >= 0.3 is 5.76 Å². The van der Waals surface area contributed by atoms with Crippen LogP contribution in [0.3, 0.4) is 0 Å². The number of hydrogen-bond donors (Lipinski definition) is 1. The normalized spacial score (nSPS) is 11.8. The first-order valence-electron chi connectivity index (χ1n) is 7.24. The molecule has 1 heterocycles. The summed E-state index contributed by atoms with van der Waals surface area (Å²) in [7, 11) is -3.90. The van der Waals surface area contributed by atoms with Crippen LogP contribution in [0.1, 0.15) is 12.5 Å². The number of nitrogens with one attached hydrogen (secondary N) is 1. The van der Waals surface area contributed by atoms with Gasteiger partial charge in [0.05, 0.1) is 10.4 Å². The molecular weight excluding hydrogens is 335 g/mol. The Kier molecular flexibility index (Phi) is 3.92. The lowest BCUT2D eigenvalue weighted by molar-refractivity contribution is 0.512. The number of oxazole rings is 1. The lowest BCUT2D eigenvalue weighted by Gasteiger charge is -2.10. The predicted octanol–water partition coefficient (Wildman–Crippen LogP) is 2.86. The molecule has 24 heavy (non-hydrogen) atoms. The summed E-state index contributed by atoms with van der Waals surface area (Å²) in [5, 5.41) is 0. The van der Waals surface area contributed by atoms with Crippen molar-refractivity contribution in [1.29, 1.82) is 0 Å². The number of sulfonamides is 1. The van der Waals surface area contributed by atoms with Gasteiger partial charge in [-0.15, -0.1) is 0 Å². The minimum absolute atomic E-state index is 0.00340. The van der Waals surface area contributed by atoms with Gasteiger partial charge in [0.2, 0.25) is 0 Å². The zero-order valence-electron chi connectivity index (χ0n) is 13.0. The topological polar surface area (TPSA) is 81.3 Å². The van der Waals surface area contributed by atoms with Crippen LogP contribution in [-0.2, 0) is 16.6 Å². The summed E-state index contributed by atoms with van der Waals surface area (Å²) in [5.41, 5.74) is 1.45. The van der Waals surface area contributed by atoms with Gasteiger partial charge in [0.25, 0.3) is 10.0 Å². The number of aryl methyl sites for hydroxylation is 2. The van der Waals surface area contributed by atoms with E-state index in [0.29, 0.717) is 17.6 Å². The zero-order chi connectivity index (χ0) is 17.5. The number of anilines is 1. The summed E-state index contributed by atoms with van der Waals surface area (Å²) in [6.07, 6.45) is 0. The smallest absolute Gasteiger partial charge is 0.408 e. The lowest BCUT2D eigenvalue weighted by atomic mass is 10.2. The third-order valence-electron chi connectivity index (χ3n) is 3.67. The molecule has 0 saturated heterocycles. The molecule has 0 spiro atoms. The van der Waals surface area contributed by atoms with Crippen LogP contribution in [0.4, 0.5) is 10.1 Å². The first-order chi connectivity index (χ1) is 11.3. The average Bonchev–Trinajstić information content (AvgIpc) is 2.82. The molecule has 0 amide bonds. The Bertz CT molecular complexity index is 1070. The van der Waals surface area contributed by atoms with Crippen molar-refractivity contribution in [1.82, 2.24) is 4.57 Å². The van der Waals surface area contributed by atoms with Crippen LogP contribution in [0, 0.1) is 12.7 Å². The standard InChI is InChI=1S/C16H15FN2O4S/c1-3-19-13-8-10(2)15(9-14(13)23-16(19)20)24(21,22)18-12-6-4-11(17)5-7-12/h4-9,18H,3H2,1-2H3. The van der Waals surface area contributed by atoms with Gasteiger partial charge in [-0.2, -0.15) is 0 Å². The summed E-state index contributed by atoms with van der Waals surface area (Å²) in [6.45, 7) is 3.85. The maximum atomic E-state index is 12.9. The van der Waals surface area contributed by atoms with E-state index in [9.17, 15) is 17.6 Å². The van der Waals surface area contributed by atoms with Crippen molar-refractivity contribution in [3.63, 3.8) is 0 Å². The van der Waals surface area contributed by atoms with Crippen LogP contribution in [0.2, 0.25) is 0 Å². The van der Waals surface area contributed by atoms with Crippen molar-refractivity contribution in [2.24, 2.45) is 0 Å². The van der Waals surface area contributed by atoms with E-state index < -0.39 is 21.6 Å². The summed E-state index contributed by atoms with van der Waals surface area (Å²) >= 11 is 0. The largest absolute Gasteiger partial charge is 0.419 e. The van der Waals surface area contributed by atoms with Crippen molar-refractivity contribution < 1.29 is 17.2 Å². The fourth-order valence-corrected chi connectivity index (χ4v) is 3.81. The Morgan fingerprint density at radius 1 is 1.21 bits per heavy atom. The summed E-state index contributed by atoms with van der Waals surface area (Å²) < 4.78 is 47.0. The second-order valence-corrected chi connectivity index (χ2v) is 6.96. The van der Waals surface area contributed by atoms with E-state index in [1.165, 1.54) is 22.8 Å². The molecule has 3 aromatic rings. The Balaban J connectivity index is 2.09. The molecule has 0 bridgehead atoms. The number of benzene rings is 2. The molecule has 8 heteroatoms. The van der Waals surface area contributed by atoms with E-state index in [1.54, 1.807) is 19.9 Å². The van der Waals surface area contributed by atoms with E-state index in [-0.39, 0.29) is 16.2 Å². The Morgan fingerprint density at radius 3 is 2.50 bits per heavy atom. The third-order valence-corrected chi connectivity index (χ3v) is 5.19.